The van der Waals surface area contributed by atoms with E-state index in [1.165, 1.54) is 44.1 Å². The Labute approximate surface area is 128 Å². The molecule has 0 radical (unpaired) electrons. The van der Waals surface area contributed by atoms with Crippen LogP contribution < -0.4 is 10.1 Å². The van der Waals surface area contributed by atoms with Crippen molar-refractivity contribution in [3.63, 3.8) is 0 Å². The topological polar surface area (TPSA) is 30.5 Å². The van der Waals surface area contributed by atoms with Crippen molar-refractivity contribution in [1.82, 2.24) is 5.32 Å². The fourth-order valence-corrected chi connectivity index (χ4v) is 3.72. The predicted molar refractivity (Wildman–Crippen MR) is 84.6 cm³/mol. The average Bonchev–Trinajstić information content (AvgIpc) is 3.11. The number of benzene rings is 1. The Balaban J connectivity index is 1.43. The standard InChI is InChI=1S/C18H27NO2/c1-2-20-16-7-5-6-15(12-16)13-19-14-17-8-11-18(21-17)9-3-4-10-18/h5-7,12,17,19H,2-4,8-11,13-14H2,1H3. The molecule has 1 aromatic rings. The van der Waals surface area contributed by atoms with Crippen molar-refractivity contribution in [2.75, 3.05) is 13.2 Å². The fraction of sp³-hybridized carbons (Fsp3) is 0.667. The summed E-state index contributed by atoms with van der Waals surface area (Å²) in [6.45, 7) is 4.57. The minimum absolute atomic E-state index is 0.251. The zero-order valence-corrected chi connectivity index (χ0v) is 13.1. The van der Waals surface area contributed by atoms with E-state index in [0.717, 1.165) is 25.4 Å². The third kappa shape index (κ3) is 3.78. The Kier molecular flexibility index (Phi) is 4.81. The lowest BCUT2D eigenvalue weighted by molar-refractivity contribution is -0.0351. The Morgan fingerprint density at radius 2 is 2.14 bits per heavy atom. The Morgan fingerprint density at radius 1 is 1.29 bits per heavy atom. The summed E-state index contributed by atoms with van der Waals surface area (Å²) in [5.74, 6) is 0.957. The summed E-state index contributed by atoms with van der Waals surface area (Å²) in [4.78, 5) is 0. The molecule has 1 heterocycles. The molecule has 2 fully saturated rings. The van der Waals surface area contributed by atoms with Gasteiger partial charge in [0.15, 0.2) is 0 Å². The Hall–Kier alpha value is -1.06. The van der Waals surface area contributed by atoms with Crippen LogP contribution in [0.3, 0.4) is 0 Å². The van der Waals surface area contributed by atoms with Gasteiger partial charge in [0.25, 0.3) is 0 Å². The summed E-state index contributed by atoms with van der Waals surface area (Å²) in [5.41, 5.74) is 1.52. The van der Waals surface area contributed by atoms with Crippen molar-refractivity contribution in [3.05, 3.63) is 29.8 Å². The van der Waals surface area contributed by atoms with Gasteiger partial charge in [-0.15, -0.1) is 0 Å². The number of nitrogens with one attached hydrogen (secondary N) is 1. The van der Waals surface area contributed by atoms with Crippen LogP contribution in [0.25, 0.3) is 0 Å². The van der Waals surface area contributed by atoms with Crippen molar-refractivity contribution < 1.29 is 9.47 Å². The molecule has 1 atom stereocenters. The van der Waals surface area contributed by atoms with Crippen molar-refractivity contribution >= 4 is 0 Å². The monoisotopic (exact) mass is 289 g/mol. The molecule has 1 aromatic carbocycles. The quantitative estimate of drug-likeness (QED) is 0.867. The van der Waals surface area contributed by atoms with Gasteiger partial charge < -0.3 is 14.8 Å². The first kappa shape index (κ1) is 14.9. The van der Waals surface area contributed by atoms with E-state index >= 15 is 0 Å². The molecule has 1 aliphatic heterocycles. The highest BCUT2D eigenvalue weighted by Gasteiger charge is 2.41. The molecule has 0 aromatic heterocycles. The molecule has 0 bridgehead atoms. The molecular weight excluding hydrogens is 262 g/mol. The molecule has 1 unspecified atom stereocenters. The first-order chi connectivity index (χ1) is 10.3. The van der Waals surface area contributed by atoms with Crippen molar-refractivity contribution in [2.45, 2.75) is 63.7 Å². The maximum Gasteiger partial charge on any atom is 0.119 e. The van der Waals surface area contributed by atoms with E-state index in [9.17, 15) is 0 Å². The molecule has 21 heavy (non-hydrogen) atoms. The molecule has 1 saturated heterocycles. The number of ether oxygens (including phenoxy) is 2. The zero-order valence-electron chi connectivity index (χ0n) is 13.1. The molecule has 1 spiro atoms. The summed E-state index contributed by atoms with van der Waals surface area (Å²) in [5, 5.41) is 3.54. The van der Waals surface area contributed by atoms with Gasteiger partial charge in [0, 0.05) is 13.1 Å². The molecule has 3 heteroatoms. The summed E-state index contributed by atoms with van der Waals surface area (Å²) in [7, 11) is 0. The molecule has 1 aliphatic carbocycles. The van der Waals surface area contributed by atoms with Crippen molar-refractivity contribution in [2.24, 2.45) is 0 Å². The first-order valence-electron chi connectivity index (χ1n) is 8.40. The van der Waals surface area contributed by atoms with Crippen LogP contribution in [0.4, 0.5) is 0 Å². The normalized spacial score (nSPS) is 23.8. The minimum Gasteiger partial charge on any atom is -0.494 e. The lowest BCUT2D eigenvalue weighted by atomic mass is 9.98. The summed E-state index contributed by atoms with van der Waals surface area (Å²) in [6.07, 6.45) is 8.14. The molecule has 1 N–H and O–H groups in total. The molecule has 3 nitrogen and oxygen atoms in total. The van der Waals surface area contributed by atoms with Crippen LogP contribution in [0, 0.1) is 0 Å². The van der Waals surface area contributed by atoms with Crippen LogP contribution in [0.1, 0.15) is 51.0 Å². The Morgan fingerprint density at radius 3 is 2.95 bits per heavy atom. The van der Waals surface area contributed by atoms with Gasteiger partial charge in [-0.3, -0.25) is 0 Å². The predicted octanol–water partition coefficient (Wildman–Crippen LogP) is 3.67. The van der Waals surface area contributed by atoms with Crippen LogP contribution in [0.5, 0.6) is 5.75 Å². The van der Waals surface area contributed by atoms with Gasteiger partial charge in [-0.2, -0.15) is 0 Å². The number of hydrogen-bond acceptors (Lipinski definition) is 3. The van der Waals surface area contributed by atoms with Gasteiger partial charge in [-0.1, -0.05) is 25.0 Å². The van der Waals surface area contributed by atoms with Crippen LogP contribution in [-0.2, 0) is 11.3 Å². The van der Waals surface area contributed by atoms with Gasteiger partial charge in [-0.25, -0.2) is 0 Å². The highest BCUT2D eigenvalue weighted by atomic mass is 16.5. The van der Waals surface area contributed by atoms with Gasteiger partial charge in [0.05, 0.1) is 18.3 Å². The molecular formula is C18H27NO2. The van der Waals surface area contributed by atoms with Gasteiger partial charge in [0.2, 0.25) is 0 Å². The molecule has 0 amide bonds. The third-order valence-corrected chi connectivity index (χ3v) is 4.76. The second kappa shape index (κ2) is 6.80. The molecule has 116 valence electrons. The smallest absolute Gasteiger partial charge is 0.119 e. The first-order valence-corrected chi connectivity index (χ1v) is 8.40. The van der Waals surface area contributed by atoms with E-state index in [-0.39, 0.29) is 5.60 Å². The van der Waals surface area contributed by atoms with Crippen LogP contribution >= 0.6 is 0 Å². The van der Waals surface area contributed by atoms with E-state index in [1.54, 1.807) is 0 Å². The summed E-state index contributed by atoms with van der Waals surface area (Å²) < 4.78 is 11.9. The average molecular weight is 289 g/mol. The maximum atomic E-state index is 6.32. The maximum absolute atomic E-state index is 6.32. The highest BCUT2D eigenvalue weighted by molar-refractivity contribution is 5.28. The largest absolute Gasteiger partial charge is 0.494 e. The van der Waals surface area contributed by atoms with Crippen LogP contribution in [-0.4, -0.2) is 24.9 Å². The van der Waals surface area contributed by atoms with Gasteiger partial charge >= 0.3 is 0 Å². The van der Waals surface area contributed by atoms with Gasteiger partial charge in [-0.05, 0) is 50.3 Å². The SMILES string of the molecule is CCOc1cccc(CNCC2CCC3(CCCC3)O2)c1. The second-order valence-electron chi connectivity index (χ2n) is 6.38. The number of rotatable bonds is 6. The second-order valence-corrected chi connectivity index (χ2v) is 6.38. The zero-order chi connectivity index (χ0) is 14.5. The molecule has 2 aliphatic rings. The van der Waals surface area contributed by atoms with E-state index in [2.05, 4.69) is 23.5 Å². The summed E-state index contributed by atoms with van der Waals surface area (Å²) in [6, 6.07) is 8.33. The van der Waals surface area contributed by atoms with Crippen LogP contribution in [0.2, 0.25) is 0 Å². The third-order valence-electron chi connectivity index (χ3n) is 4.76. The minimum atomic E-state index is 0.251. The number of hydrogen-bond donors (Lipinski definition) is 1. The van der Waals surface area contributed by atoms with E-state index in [4.69, 9.17) is 9.47 Å². The lowest BCUT2D eigenvalue weighted by Gasteiger charge is -2.24. The lowest BCUT2D eigenvalue weighted by Crippen LogP contribution is -2.30. The van der Waals surface area contributed by atoms with Crippen LogP contribution in [0.15, 0.2) is 24.3 Å². The Bertz CT molecular complexity index is 454. The molecule has 1 saturated carbocycles. The molecule has 3 rings (SSSR count). The van der Waals surface area contributed by atoms with E-state index in [0.29, 0.717) is 6.10 Å². The summed E-state index contributed by atoms with van der Waals surface area (Å²) >= 11 is 0. The highest BCUT2D eigenvalue weighted by Crippen LogP contribution is 2.43. The van der Waals surface area contributed by atoms with Gasteiger partial charge in [0.1, 0.15) is 5.75 Å². The van der Waals surface area contributed by atoms with Crippen molar-refractivity contribution in [1.29, 1.82) is 0 Å². The fourth-order valence-electron chi connectivity index (χ4n) is 3.72. The van der Waals surface area contributed by atoms with E-state index < -0.39 is 0 Å². The van der Waals surface area contributed by atoms with E-state index in [1.807, 2.05) is 13.0 Å². The van der Waals surface area contributed by atoms with Crippen molar-refractivity contribution in [3.8, 4) is 5.75 Å².